The maximum absolute atomic E-state index is 13.6. The lowest BCUT2D eigenvalue weighted by atomic mass is 10.1. The van der Waals surface area contributed by atoms with Gasteiger partial charge in [0.05, 0.1) is 5.56 Å². The second kappa shape index (κ2) is 5.77. The van der Waals surface area contributed by atoms with Crippen LogP contribution >= 0.6 is 15.9 Å². The molecule has 2 N–H and O–H groups in total. The second-order valence-electron chi connectivity index (χ2n) is 4.30. The van der Waals surface area contributed by atoms with Gasteiger partial charge in [-0.15, -0.1) is 0 Å². The normalized spacial score (nSPS) is 10.5. The Morgan fingerprint density at radius 3 is 2.48 bits per heavy atom. The Labute approximate surface area is 126 Å². The van der Waals surface area contributed by atoms with Crippen LogP contribution in [0.3, 0.4) is 0 Å². The van der Waals surface area contributed by atoms with E-state index in [-0.39, 0.29) is 0 Å². The molecule has 0 heterocycles. The molecule has 0 aliphatic rings. The van der Waals surface area contributed by atoms with E-state index in [1.54, 1.807) is 25.1 Å². The number of phenols is 1. The largest absolute Gasteiger partial charge is 0.503 e. The fourth-order valence-corrected chi connectivity index (χ4v) is 2.19. The van der Waals surface area contributed by atoms with Gasteiger partial charge in [0.25, 0.3) is 5.91 Å². The van der Waals surface area contributed by atoms with E-state index in [4.69, 9.17) is 5.11 Å². The SMILES string of the molecule is Cc1cc(Br)ccc1NC(=O)c1cc(F)c(F)c(O)c1F. The lowest BCUT2D eigenvalue weighted by Crippen LogP contribution is -2.15. The minimum Gasteiger partial charge on any atom is -0.503 e. The molecule has 21 heavy (non-hydrogen) atoms. The van der Waals surface area contributed by atoms with Crippen molar-refractivity contribution in [1.29, 1.82) is 0 Å². The van der Waals surface area contributed by atoms with Crippen molar-refractivity contribution in [3.05, 3.63) is 57.3 Å². The number of hydrogen-bond donors (Lipinski definition) is 2. The van der Waals surface area contributed by atoms with Crippen molar-refractivity contribution >= 4 is 27.5 Å². The average molecular weight is 360 g/mol. The molecule has 2 aromatic carbocycles. The van der Waals surface area contributed by atoms with Crippen LogP contribution < -0.4 is 5.32 Å². The van der Waals surface area contributed by atoms with Gasteiger partial charge in [-0.05, 0) is 36.8 Å². The number of nitrogens with one attached hydrogen (secondary N) is 1. The van der Waals surface area contributed by atoms with Crippen LogP contribution in [-0.2, 0) is 0 Å². The standard InChI is InChI=1S/C14H9BrF3NO2/c1-6-4-7(15)2-3-10(6)19-14(21)8-5-9(16)12(18)13(20)11(8)17/h2-5,20H,1H3,(H,19,21). The van der Waals surface area contributed by atoms with Crippen molar-refractivity contribution in [2.75, 3.05) is 5.32 Å². The molecule has 2 rings (SSSR count). The summed E-state index contributed by atoms with van der Waals surface area (Å²) in [5.41, 5.74) is 0.283. The molecule has 1 amide bonds. The summed E-state index contributed by atoms with van der Waals surface area (Å²) < 4.78 is 40.6. The molecule has 0 bridgehead atoms. The monoisotopic (exact) mass is 359 g/mol. The molecule has 0 aliphatic heterocycles. The summed E-state index contributed by atoms with van der Waals surface area (Å²) in [6.07, 6.45) is 0. The Morgan fingerprint density at radius 1 is 1.19 bits per heavy atom. The van der Waals surface area contributed by atoms with E-state index in [9.17, 15) is 18.0 Å². The van der Waals surface area contributed by atoms with Crippen molar-refractivity contribution in [1.82, 2.24) is 0 Å². The lowest BCUT2D eigenvalue weighted by Gasteiger charge is -2.10. The number of carbonyl (C=O) groups excluding carboxylic acids is 1. The zero-order chi connectivity index (χ0) is 15.7. The first-order valence-electron chi connectivity index (χ1n) is 5.75. The molecule has 0 aromatic heterocycles. The van der Waals surface area contributed by atoms with E-state index in [1.807, 2.05) is 0 Å². The Balaban J connectivity index is 2.37. The predicted molar refractivity (Wildman–Crippen MR) is 74.8 cm³/mol. The summed E-state index contributed by atoms with van der Waals surface area (Å²) in [6, 6.07) is 5.33. The number of benzene rings is 2. The number of halogens is 4. The maximum atomic E-state index is 13.6. The van der Waals surface area contributed by atoms with Gasteiger partial charge in [-0.2, -0.15) is 4.39 Å². The van der Waals surface area contributed by atoms with Gasteiger partial charge in [-0.3, -0.25) is 4.79 Å². The average Bonchev–Trinajstić information content (AvgIpc) is 2.43. The van der Waals surface area contributed by atoms with Crippen LogP contribution in [0.1, 0.15) is 15.9 Å². The van der Waals surface area contributed by atoms with E-state index in [2.05, 4.69) is 21.2 Å². The molecule has 0 fully saturated rings. The van der Waals surface area contributed by atoms with Crippen molar-refractivity contribution in [3.63, 3.8) is 0 Å². The van der Waals surface area contributed by atoms with Gasteiger partial charge < -0.3 is 10.4 Å². The van der Waals surface area contributed by atoms with Crippen LogP contribution in [0.5, 0.6) is 5.75 Å². The molecule has 0 spiro atoms. The summed E-state index contributed by atoms with van der Waals surface area (Å²) in [4.78, 5) is 11.9. The fourth-order valence-electron chi connectivity index (χ4n) is 1.71. The number of aromatic hydroxyl groups is 1. The highest BCUT2D eigenvalue weighted by Gasteiger charge is 2.22. The first-order chi connectivity index (χ1) is 9.81. The molecular formula is C14H9BrF3NO2. The van der Waals surface area contributed by atoms with Gasteiger partial charge in [0.1, 0.15) is 0 Å². The summed E-state index contributed by atoms with van der Waals surface area (Å²) in [5.74, 6) is -7.27. The summed E-state index contributed by atoms with van der Waals surface area (Å²) in [5, 5.41) is 11.5. The molecular weight excluding hydrogens is 351 g/mol. The van der Waals surface area contributed by atoms with Crippen LogP contribution in [0.2, 0.25) is 0 Å². The Bertz CT molecular complexity index is 735. The Hall–Kier alpha value is -2.02. The number of anilines is 1. The number of phenolic OH excluding ortho intramolecular Hbond substituents is 1. The lowest BCUT2D eigenvalue weighted by molar-refractivity contribution is 0.102. The summed E-state index contributed by atoms with van der Waals surface area (Å²) >= 11 is 3.25. The molecule has 0 atom stereocenters. The molecule has 0 aliphatic carbocycles. The van der Waals surface area contributed by atoms with E-state index in [1.165, 1.54) is 0 Å². The van der Waals surface area contributed by atoms with Crippen molar-refractivity contribution in [2.24, 2.45) is 0 Å². The Kier molecular flexibility index (Phi) is 4.22. The zero-order valence-electron chi connectivity index (χ0n) is 10.7. The molecule has 7 heteroatoms. The highest BCUT2D eigenvalue weighted by molar-refractivity contribution is 9.10. The molecule has 110 valence electrons. The first-order valence-corrected chi connectivity index (χ1v) is 6.54. The Morgan fingerprint density at radius 2 is 1.86 bits per heavy atom. The third kappa shape index (κ3) is 3.02. The van der Waals surface area contributed by atoms with E-state index in [0.29, 0.717) is 17.3 Å². The van der Waals surface area contributed by atoms with Crippen molar-refractivity contribution in [2.45, 2.75) is 6.92 Å². The first kappa shape index (κ1) is 15.4. The third-order valence-electron chi connectivity index (χ3n) is 2.81. The molecule has 0 saturated heterocycles. The van der Waals surface area contributed by atoms with Gasteiger partial charge >= 0.3 is 0 Å². The number of aryl methyl sites for hydroxylation is 1. The molecule has 0 radical (unpaired) electrons. The number of amides is 1. The molecule has 2 aromatic rings. The topological polar surface area (TPSA) is 49.3 Å². The predicted octanol–water partition coefficient (Wildman–Crippen LogP) is 4.13. The second-order valence-corrected chi connectivity index (χ2v) is 5.21. The summed E-state index contributed by atoms with van der Waals surface area (Å²) in [7, 11) is 0. The van der Waals surface area contributed by atoms with Crippen LogP contribution in [0, 0.1) is 24.4 Å². The van der Waals surface area contributed by atoms with Crippen molar-refractivity contribution < 1.29 is 23.1 Å². The number of carbonyl (C=O) groups is 1. The van der Waals surface area contributed by atoms with Gasteiger partial charge in [0.2, 0.25) is 5.82 Å². The smallest absolute Gasteiger partial charge is 0.258 e. The van der Waals surface area contributed by atoms with E-state index < -0.39 is 34.7 Å². The molecule has 3 nitrogen and oxygen atoms in total. The molecule has 0 saturated carbocycles. The van der Waals surface area contributed by atoms with Crippen LogP contribution in [0.25, 0.3) is 0 Å². The fraction of sp³-hybridized carbons (Fsp3) is 0.0714. The van der Waals surface area contributed by atoms with Gasteiger partial charge in [0.15, 0.2) is 17.4 Å². The van der Waals surface area contributed by atoms with E-state index >= 15 is 0 Å². The quantitative estimate of drug-likeness (QED) is 0.792. The van der Waals surface area contributed by atoms with Crippen LogP contribution in [0.4, 0.5) is 18.9 Å². The zero-order valence-corrected chi connectivity index (χ0v) is 12.3. The van der Waals surface area contributed by atoms with Crippen LogP contribution in [0.15, 0.2) is 28.7 Å². The molecule has 0 unspecified atom stereocenters. The van der Waals surface area contributed by atoms with Gasteiger partial charge in [-0.25, -0.2) is 8.78 Å². The van der Waals surface area contributed by atoms with Crippen LogP contribution in [-0.4, -0.2) is 11.0 Å². The minimum atomic E-state index is -1.73. The van der Waals surface area contributed by atoms with Crippen molar-refractivity contribution in [3.8, 4) is 5.75 Å². The van der Waals surface area contributed by atoms with Gasteiger partial charge in [0, 0.05) is 10.2 Å². The van der Waals surface area contributed by atoms with Gasteiger partial charge in [-0.1, -0.05) is 15.9 Å². The van der Waals surface area contributed by atoms with E-state index in [0.717, 1.165) is 4.47 Å². The summed E-state index contributed by atoms with van der Waals surface area (Å²) in [6.45, 7) is 1.71. The number of hydrogen-bond acceptors (Lipinski definition) is 2. The number of rotatable bonds is 2. The third-order valence-corrected chi connectivity index (χ3v) is 3.31. The highest BCUT2D eigenvalue weighted by atomic mass is 79.9. The highest BCUT2D eigenvalue weighted by Crippen LogP contribution is 2.27. The maximum Gasteiger partial charge on any atom is 0.258 e. The minimum absolute atomic E-state index is 0.381.